The number of carbonyl (C=O) groups excluding carboxylic acids is 1. The molecule has 0 saturated heterocycles. The Balaban J connectivity index is 2.48. The topological polar surface area (TPSA) is 103 Å². The average Bonchev–Trinajstić information content (AvgIpc) is 2.24. The summed E-state index contributed by atoms with van der Waals surface area (Å²) in [5, 5.41) is 2.67. The van der Waals surface area contributed by atoms with Crippen molar-refractivity contribution < 1.29 is 9.53 Å². The molecule has 1 amide bonds. The number of aliphatic imine (C=N–C) groups is 1. The number of nitrogens with two attached hydrogens (primary N) is 2. The maximum Gasteiger partial charge on any atom is 0.221 e. The molecule has 0 radical (unpaired) electrons. The Morgan fingerprint density at radius 1 is 1.47 bits per heavy atom. The van der Waals surface area contributed by atoms with Crippen LogP contribution in [-0.2, 0) is 4.79 Å². The monoisotopic (exact) mass is 236 g/mol. The summed E-state index contributed by atoms with van der Waals surface area (Å²) in [5.74, 6) is 0.574. The third-order valence-corrected chi connectivity index (χ3v) is 1.81. The summed E-state index contributed by atoms with van der Waals surface area (Å²) in [5.41, 5.74) is 11.0. The maximum atomic E-state index is 10.9. The lowest BCUT2D eigenvalue weighted by molar-refractivity contribution is -0.114. The first kappa shape index (κ1) is 12.8. The van der Waals surface area contributed by atoms with Crippen molar-refractivity contribution in [1.82, 2.24) is 0 Å². The smallest absolute Gasteiger partial charge is 0.221 e. The Labute approximate surface area is 99.7 Å². The van der Waals surface area contributed by atoms with E-state index in [1.807, 2.05) is 0 Å². The molecular weight excluding hydrogens is 220 g/mol. The molecule has 0 heterocycles. The normalized spacial score (nSPS) is 9.47. The zero-order valence-corrected chi connectivity index (χ0v) is 9.64. The molecule has 0 bridgehead atoms. The van der Waals surface area contributed by atoms with Gasteiger partial charge >= 0.3 is 0 Å². The molecule has 5 N–H and O–H groups in total. The summed E-state index contributed by atoms with van der Waals surface area (Å²) in [4.78, 5) is 14.7. The molecule has 6 nitrogen and oxygen atoms in total. The molecule has 0 atom stereocenters. The summed E-state index contributed by atoms with van der Waals surface area (Å²) in [6.07, 6.45) is 0. The number of ether oxygens (including phenoxy) is 1. The van der Waals surface area contributed by atoms with Crippen LogP contribution in [0.1, 0.15) is 6.92 Å². The van der Waals surface area contributed by atoms with Gasteiger partial charge in [0.05, 0.1) is 6.54 Å². The summed E-state index contributed by atoms with van der Waals surface area (Å²) in [6.45, 7) is 2.22. The van der Waals surface area contributed by atoms with Gasteiger partial charge in [-0.15, -0.1) is 0 Å². The van der Waals surface area contributed by atoms with E-state index in [9.17, 15) is 4.79 Å². The Morgan fingerprint density at radius 2 is 2.24 bits per heavy atom. The van der Waals surface area contributed by atoms with E-state index in [1.54, 1.807) is 24.3 Å². The van der Waals surface area contributed by atoms with E-state index in [-0.39, 0.29) is 11.9 Å². The molecule has 0 saturated carbocycles. The summed E-state index contributed by atoms with van der Waals surface area (Å²) in [7, 11) is 0. The molecule has 0 aliphatic heterocycles. The number of carbonyl (C=O) groups is 1. The number of hydrogen-bond acceptors (Lipinski definition) is 3. The van der Waals surface area contributed by atoms with E-state index in [4.69, 9.17) is 16.2 Å². The molecule has 0 aromatic heterocycles. The number of nitrogens with one attached hydrogen (secondary N) is 1. The SMILES string of the molecule is CC(=O)Nc1cccc(OCCN=C(N)N)c1. The summed E-state index contributed by atoms with van der Waals surface area (Å²) in [6, 6.07) is 7.10. The van der Waals surface area contributed by atoms with Crippen molar-refractivity contribution in [2.75, 3.05) is 18.5 Å². The number of rotatable bonds is 5. The molecule has 0 unspecified atom stereocenters. The van der Waals surface area contributed by atoms with Gasteiger partial charge in [0.1, 0.15) is 12.4 Å². The van der Waals surface area contributed by atoms with Crippen molar-refractivity contribution in [3.8, 4) is 5.75 Å². The van der Waals surface area contributed by atoms with Crippen LogP contribution >= 0.6 is 0 Å². The van der Waals surface area contributed by atoms with Crippen LogP contribution in [-0.4, -0.2) is 25.0 Å². The van der Waals surface area contributed by atoms with Crippen molar-refractivity contribution >= 4 is 17.6 Å². The number of nitrogens with zero attached hydrogens (tertiary/aromatic N) is 1. The third-order valence-electron chi connectivity index (χ3n) is 1.81. The highest BCUT2D eigenvalue weighted by atomic mass is 16.5. The number of guanidine groups is 1. The van der Waals surface area contributed by atoms with Crippen molar-refractivity contribution in [2.45, 2.75) is 6.92 Å². The van der Waals surface area contributed by atoms with Crippen molar-refractivity contribution in [3.63, 3.8) is 0 Å². The fraction of sp³-hybridized carbons (Fsp3) is 0.273. The van der Waals surface area contributed by atoms with Crippen LogP contribution in [0.15, 0.2) is 29.3 Å². The van der Waals surface area contributed by atoms with E-state index in [0.717, 1.165) is 0 Å². The van der Waals surface area contributed by atoms with Gasteiger partial charge in [-0.3, -0.25) is 9.79 Å². The van der Waals surface area contributed by atoms with Crippen LogP contribution in [0.5, 0.6) is 5.75 Å². The zero-order chi connectivity index (χ0) is 12.7. The summed E-state index contributed by atoms with van der Waals surface area (Å²) < 4.78 is 5.41. The van der Waals surface area contributed by atoms with E-state index in [0.29, 0.717) is 24.6 Å². The standard InChI is InChI=1S/C11H16N4O2/c1-8(16)15-9-3-2-4-10(7-9)17-6-5-14-11(12)13/h2-4,7H,5-6H2,1H3,(H,15,16)(H4,12,13,14). The predicted molar refractivity (Wildman–Crippen MR) is 66.9 cm³/mol. The molecule has 6 heteroatoms. The molecule has 0 aliphatic rings. The van der Waals surface area contributed by atoms with Gasteiger partial charge in [-0.1, -0.05) is 6.07 Å². The fourth-order valence-corrected chi connectivity index (χ4v) is 1.21. The number of benzene rings is 1. The van der Waals surface area contributed by atoms with Gasteiger partial charge in [0.2, 0.25) is 5.91 Å². The molecule has 0 fully saturated rings. The Morgan fingerprint density at radius 3 is 2.88 bits per heavy atom. The van der Waals surface area contributed by atoms with E-state index < -0.39 is 0 Å². The van der Waals surface area contributed by atoms with Crippen LogP contribution < -0.4 is 21.5 Å². The molecule has 92 valence electrons. The predicted octanol–water partition coefficient (Wildman–Crippen LogP) is 0.297. The molecule has 0 aliphatic carbocycles. The van der Waals surface area contributed by atoms with E-state index in [2.05, 4.69) is 10.3 Å². The average molecular weight is 236 g/mol. The minimum atomic E-state index is -0.123. The third kappa shape index (κ3) is 5.41. The van der Waals surface area contributed by atoms with Crippen molar-refractivity contribution in [1.29, 1.82) is 0 Å². The number of amides is 1. The van der Waals surface area contributed by atoms with Crippen LogP contribution in [0.3, 0.4) is 0 Å². The van der Waals surface area contributed by atoms with Crippen molar-refractivity contribution in [3.05, 3.63) is 24.3 Å². The minimum Gasteiger partial charge on any atom is -0.492 e. The lowest BCUT2D eigenvalue weighted by atomic mass is 10.3. The highest BCUT2D eigenvalue weighted by molar-refractivity contribution is 5.88. The minimum absolute atomic E-state index is 0.0422. The quantitative estimate of drug-likeness (QED) is 0.388. The molecule has 1 rings (SSSR count). The molecule has 0 spiro atoms. The van der Waals surface area contributed by atoms with Crippen LogP contribution in [0.25, 0.3) is 0 Å². The summed E-state index contributed by atoms with van der Waals surface area (Å²) >= 11 is 0. The van der Waals surface area contributed by atoms with Gasteiger partial charge in [-0.25, -0.2) is 0 Å². The van der Waals surface area contributed by atoms with E-state index in [1.165, 1.54) is 6.92 Å². The lowest BCUT2D eigenvalue weighted by Crippen LogP contribution is -2.23. The van der Waals surface area contributed by atoms with Crippen LogP contribution in [0.2, 0.25) is 0 Å². The van der Waals surface area contributed by atoms with Crippen LogP contribution in [0.4, 0.5) is 5.69 Å². The van der Waals surface area contributed by atoms with Crippen molar-refractivity contribution in [2.24, 2.45) is 16.5 Å². The Hall–Kier alpha value is -2.24. The second kappa shape index (κ2) is 6.37. The van der Waals surface area contributed by atoms with Gasteiger partial charge in [-0.2, -0.15) is 0 Å². The Kier molecular flexibility index (Phi) is 4.80. The fourth-order valence-electron chi connectivity index (χ4n) is 1.21. The molecule has 1 aromatic carbocycles. The van der Waals surface area contributed by atoms with Gasteiger partial charge in [0, 0.05) is 18.7 Å². The lowest BCUT2D eigenvalue weighted by Gasteiger charge is -2.07. The highest BCUT2D eigenvalue weighted by Gasteiger charge is 1.98. The van der Waals surface area contributed by atoms with Gasteiger partial charge < -0.3 is 21.5 Å². The second-order valence-corrected chi connectivity index (χ2v) is 3.36. The molecule has 1 aromatic rings. The maximum absolute atomic E-state index is 10.9. The first-order chi connectivity index (χ1) is 8.08. The molecular formula is C11H16N4O2. The first-order valence-electron chi connectivity index (χ1n) is 5.14. The van der Waals surface area contributed by atoms with Gasteiger partial charge in [0.15, 0.2) is 5.96 Å². The van der Waals surface area contributed by atoms with Crippen LogP contribution in [0, 0.1) is 0 Å². The second-order valence-electron chi connectivity index (χ2n) is 3.36. The van der Waals surface area contributed by atoms with Gasteiger partial charge in [-0.05, 0) is 12.1 Å². The molecule has 17 heavy (non-hydrogen) atoms. The largest absolute Gasteiger partial charge is 0.492 e. The highest BCUT2D eigenvalue weighted by Crippen LogP contribution is 2.17. The Bertz CT molecular complexity index is 414. The number of anilines is 1. The first-order valence-corrected chi connectivity index (χ1v) is 5.14. The number of hydrogen-bond donors (Lipinski definition) is 3. The van der Waals surface area contributed by atoms with Gasteiger partial charge in [0.25, 0.3) is 0 Å². The zero-order valence-electron chi connectivity index (χ0n) is 9.64. The van der Waals surface area contributed by atoms with E-state index >= 15 is 0 Å².